The molecule has 3 rings (SSSR count). The van der Waals surface area contributed by atoms with Gasteiger partial charge in [0.25, 0.3) is 0 Å². The highest BCUT2D eigenvalue weighted by Crippen LogP contribution is 2.22. The number of anilines is 1. The van der Waals surface area contributed by atoms with Gasteiger partial charge in [0.05, 0.1) is 5.70 Å². The van der Waals surface area contributed by atoms with E-state index in [4.69, 9.17) is 23.2 Å². The van der Waals surface area contributed by atoms with Crippen LogP contribution >= 0.6 is 39.1 Å². The van der Waals surface area contributed by atoms with Crippen molar-refractivity contribution in [1.82, 2.24) is 0 Å². The highest BCUT2D eigenvalue weighted by molar-refractivity contribution is 9.10. The zero-order valence-corrected chi connectivity index (χ0v) is 17.9. The monoisotopic (exact) mass is 480 g/mol. The molecule has 0 spiro atoms. The average Bonchev–Trinajstić information content (AvgIpc) is 2.62. The van der Waals surface area contributed by atoms with E-state index in [9.17, 15) is 0 Å². The molecular weight excluding hydrogens is 467 g/mol. The normalized spacial score (nSPS) is 11.3. The molecule has 2 nitrogen and oxygen atoms in total. The van der Waals surface area contributed by atoms with E-state index in [1.54, 1.807) is 0 Å². The van der Waals surface area contributed by atoms with Crippen LogP contribution in [0.5, 0.6) is 0 Å². The number of allylic oxidation sites excluding steroid dienone is 1. The van der Waals surface area contributed by atoms with E-state index in [0.717, 1.165) is 27.1 Å². The van der Waals surface area contributed by atoms with Crippen molar-refractivity contribution in [1.29, 1.82) is 0 Å². The van der Waals surface area contributed by atoms with Crippen molar-refractivity contribution in [2.24, 2.45) is 0 Å². The van der Waals surface area contributed by atoms with Crippen LogP contribution in [0.3, 0.4) is 0 Å². The molecule has 0 amide bonds. The van der Waals surface area contributed by atoms with E-state index >= 15 is 0 Å². The Bertz CT molecular complexity index is 954. The molecule has 0 aliphatic heterocycles. The smallest absolute Gasteiger partial charge is 0.204 e. The van der Waals surface area contributed by atoms with Crippen molar-refractivity contribution >= 4 is 62.4 Å². The molecule has 27 heavy (non-hydrogen) atoms. The van der Waals surface area contributed by atoms with Crippen LogP contribution in [0.2, 0.25) is 10.0 Å². The molecule has 0 atom stereocenters. The summed E-state index contributed by atoms with van der Waals surface area (Å²) in [4.78, 5) is 3.23. The molecule has 3 aromatic carbocycles. The van der Waals surface area contributed by atoms with Crippen molar-refractivity contribution in [2.45, 2.75) is 0 Å². The van der Waals surface area contributed by atoms with E-state index in [2.05, 4.69) is 26.2 Å². The maximum Gasteiger partial charge on any atom is 0.204 e. The number of hydrogen-bond donors (Lipinski definition) is 2. The summed E-state index contributed by atoms with van der Waals surface area (Å²) in [5.74, 6) is 0. The zero-order valence-electron chi connectivity index (χ0n) is 14.1. The summed E-state index contributed by atoms with van der Waals surface area (Å²) in [6.07, 6.45) is 3.85. The molecule has 0 saturated carbocycles. The van der Waals surface area contributed by atoms with Gasteiger partial charge in [0.1, 0.15) is 0 Å². The number of hydrogen-bond acceptors (Lipinski definition) is 1. The average molecular weight is 483 g/mol. The summed E-state index contributed by atoms with van der Waals surface area (Å²) in [5.41, 5.74) is 3.83. The Balaban J connectivity index is 0.00000261. The second kappa shape index (κ2) is 10.5. The summed E-state index contributed by atoms with van der Waals surface area (Å²) in [5, 5.41) is 4.80. The third kappa shape index (κ3) is 6.71. The van der Waals surface area contributed by atoms with E-state index in [1.807, 2.05) is 85.1 Å². The predicted molar refractivity (Wildman–Crippen MR) is 115 cm³/mol. The van der Waals surface area contributed by atoms with Gasteiger partial charge in [-0.3, -0.25) is 0 Å². The predicted octanol–water partition coefficient (Wildman–Crippen LogP) is 2.70. The molecule has 0 unspecified atom stereocenters. The van der Waals surface area contributed by atoms with E-state index in [1.165, 1.54) is 0 Å². The van der Waals surface area contributed by atoms with Crippen LogP contribution in [0.25, 0.3) is 5.70 Å². The summed E-state index contributed by atoms with van der Waals surface area (Å²) in [7, 11) is 0. The van der Waals surface area contributed by atoms with Gasteiger partial charge in [-0.05, 0) is 42.0 Å². The highest BCUT2D eigenvalue weighted by atomic mass is 79.9. The van der Waals surface area contributed by atoms with Crippen molar-refractivity contribution in [3.8, 4) is 0 Å². The Morgan fingerprint density at radius 1 is 0.889 bits per heavy atom. The Hall–Kier alpha value is -1.78. The van der Waals surface area contributed by atoms with Gasteiger partial charge < -0.3 is 17.7 Å². The van der Waals surface area contributed by atoms with Gasteiger partial charge in [-0.1, -0.05) is 63.4 Å². The lowest BCUT2D eigenvalue weighted by Gasteiger charge is -2.11. The van der Waals surface area contributed by atoms with Gasteiger partial charge in [0.15, 0.2) is 6.21 Å². The summed E-state index contributed by atoms with van der Waals surface area (Å²) in [6.45, 7) is 0. The van der Waals surface area contributed by atoms with Gasteiger partial charge >= 0.3 is 0 Å². The molecule has 0 fully saturated rings. The van der Waals surface area contributed by atoms with Gasteiger partial charge in [-0.2, -0.15) is 0 Å². The van der Waals surface area contributed by atoms with Crippen molar-refractivity contribution in [2.75, 3.05) is 5.32 Å². The number of rotatable bonds is 5. The molecule has 2 N–H and O–H groups in total. The Kier molecular flexibility index (Phi) is 8.39. The largest absolute Gasteiger partial charge is 1.00 e. The minimum absolute atomic E-state index is 0. The SMILES string of the molecule is Clc1cccc(N/C(=C/C=[NH+]c2cccc(Cl)c2)c2ccc(Br)cc2)c1.[Cl-]. The quantitative estimate of drug-likeness (QED) is 0.538. The lowest BCUT2D eigenvalue weighted by atomic mass is 10.1. The Labute approximate surface area is 183 Å². The van der Waals surface area contributed by atoms with Crippen molar-refractivity contribution in [3.63, 3.8) is 0 Å². The first-order valence-corrected chi connectivity index (χ1v) is 9.49. The second-order valence-corrected chi connectivity index (χ2v) is 7.33. The van der Waals surface area contributed by atoms with Crippen LogP contribution in [0.4, 0.5) is 11.4 Å². The molecule has 0 bridgehead atoms. The second-order valence-electron chi connectivity index (χ2n) is 5.54. The molecule has 0 aromatic heterocycles. The van der Waals surface area contributed by atoms with Gasteiger partial charge in [-0.15, -0.1) is 0 Å². The van der Waals surface area contributed by atoms with Crippen molar-refractivity contribution in [3.05, 3.63) is 99.0 Å². The van der Waals surface area contributed by atoms with Crippen molar-refractivity contribution < 1.29 is 17.4 Å². The van der Waals surface area contributed by atoms with E-state index < -0.39 is 0 Å². The molecule has 3 aromatic rings. The Morgan fingerprint density at radius 3 is 2.22 bits per heavy atom. The van der Waals surface area contributed by atoms with Crippen LogP contribution in [0.15, 0.2) is 83.3 Å². The molecule has 0 radical (unpaired) electrons. The van der Waals surface area contributed by atoms with Crippen LogP contribution in [-0.4, -0.2) is 6.21 Å². The molecule has 138 valence electrons. The lowest BCUT2D eigenvalue weighted by molar-refractivity contribution is -0.346. The molecule has 0 aliphatic rings. The van der Waals surface area contributed by atoms with Crippen LogP contribution in [-0.2, 0) is 0 Å². The van der Waals surface area contributed by atoms with Crippen LogP contribution in [0.1, 0.15) is 5.56 Å². The summed E-state index contributed by atoms with van der Waals surface area (Å²) in [6, 6.07) is 23.3. The lowest BCUT2D eigenvalue weighted by Crippen LogP contribution is -3.00. The highest BCUT2D eigenvalue weighted by Gasteiger charge is 2.04. The molecule has 0 heterocycles. The zero-order chi connectivity index (χ0) is 18.4. The van der Waals surface area contributed by atoms with Gasteiger partial charge in [-0.25, -0.2) is 4.99 Å². The molecule has 0 saturated heterocycles. The number of nitrogens with one attached hydrogen (secondary N) is 2. The van der Waals surface area contributed by atoms with Crippen LogP contribution < -0.4 is 22.7 Å². The minimum atomic E-state index is 0. The van der Waals surface area contributed by atoms with E-state index in [-0.39, 0.29) is 12.4 Å². The van der Waals surface area contributed by atoms with Gasteiger partial charge in [0.2, 0.25) is 5.69 Å². The van der Waals surface area contributed by atoms with E-state index in [0.29, 0.717) is 10.0 Å². The Morgan fingerprint density at radius 2 is 1.56 bits per heavy atom. The third-order valence-corrected chi connectivity index (χ3v) is 4.58. The number of benzene rings is 3. The molecule has 6 heteroatoms. The maximum atomic E-state index is 6.10. The summed E-state index contributed by atoms with van der Waals surface area (Å²) >= 11 is 15.6. The molecule has 0 aliphatic carbocycles. The standard InChI is InChI=1S/C21H15BrCl2N2.ClH/c22-16-9-7-15(8-10-16)21(26-20-6-2-4-18(24)14-20)11-12-25-19-5-1-3-17(23)13-19;/h1-14,26H;1H/b21-11+,25-12?;. The first-order chi connectivity index (χ1) is 12.6. The first kappa shape index (κ1) is 21.5. The van der Waals surface area contributed by atoms with Gasteiger partial charge in [0, 0.05) is 38.4 Å². The first-order valence-electron chi connectivity index (χ1n) is 7.94. The summed E-state index contributed by atoms with van der Waals surface area (Å²) < 4.78 is 1.03. The fourth-order valence-corrected chi connectivity index (χ4v) is 3.01. The maximum absolute atomic E-state index is 6.10. The van der Waals surface area contributed by atoms with Crippen LogP contribution in [0, 0.1) is 0 Å². The fraction of sp³-hybridized carbons (Fsp3) is 0. The fourth-order valence-electron chi connectivity index (χ4n) is 2.36. The third-order valence-electron chi connectivity index (χ3n) is 3.58. The molecular formula is C21H16BrCl3N2. The topological polar surface area (TPSA) is 26.0 Å². The minimum Gasteiger partial charge on any atom is -1.00 e. The number of halogens is 4.